The van der Waals surface area contributed by atoms with Crippen molar-refractivity contribution in [3.8, 4) is 0 Å². The molecule has 1 fully saturated rings. The summed E-state index contributed by atoms with van der Waals surface area (Å²) in [5.74, 6) is 3.24. The minimum absolute atomic E-state index is 0.791. The number of hydrogen-bond donors (Lipinski definition) is 2. The van der Waals surface area contributed by atoms with Gasteiger partial charge in [-0.15, -0.1) is 0 Å². The molecule has 78 valence electrons. The fourth-order valence-electron chi connectivity index (χ4n) is 2.33. The highest BCUT2D eigenvalue weighted by atomic mass is 15.1. The molecule has 1 saturated heterocycles. The summed E-state index contributed by atoms with van der Waals surface area (Å²) in [5, 5.41) is 6.90. The first-order valence-electron chi connectivity index (χ1n) is 5.54. The third kappa shape index (κ3) is 2.96. The molecule has 1 aliphatic heterocycles. The maximum atomic E-state index is 3.45. The van der Waals surface area contributed by atoms with Gasteiger partial charge in [-0.2, -0.15) is 0 Å². The van der Waals surface area contributed by atoms with Crippen LogP contribution in [0, 0.1) is 23.7 Å². The maximum absolute atomic E-state index is 3.45. The zero-order valence-corrected chi connectivity index (χ0v) is 9.43. The molecule has 1 heterocycles. The standard InChI is InChI=1S/C11H24N2/c1-8(2)10-5-12-7-13-6-11(10)9(3)4/h8-13H,5-7H2,1-4H3. The van der Waals surface area contributed by atoms with Crippen LogP contribution in [0.4, 0.5) is 0 Å². The van der Waals surface area contributed by atoms with Gasteiger partial charge in [0, 0.05) is 6.67 Å². The van der Waals surface area contributed by atoms with Gasteiger partial charge in [-0.3, -0.25) is 0 Å². The Morgan fingerprint density at radius 2 is 1.23 bits per heavy atom. The van der Waals surface area contributed by atoms with Crippen molar-refractivity contribution in [2.45, 2.75) is 27.7 Å². The van der Waals surface area contributed by atoms with Crippen LogP contribution in [0.15, 0.2) is 0 Å². The predicted octanol–water partition coefficient (Wildman–Crippen LogP) is 1.68. The van der Waals surface area contributed by atoms with Crippen LogP contribution in [-0.2, 0) is 0 Å². The zero-order chi connectivity index (χ0) is 9.84. The minimum Gasteiger partial charge on any atom is -0.304 e. The van der Waals surface area contributed by atoms with Crippen molar-refractivity contribution in [2.24, 2.45) is 23.7 Å². The molecule has 0 aromatic heterocycles. The van der Waals surface area contributed by atoms with Crippen molar-refractivity contribution >= 4 is 0 Å². The summed E-state index contributed by atoms with van der Waals surface area (Å²) < 4.78 is 0. The van der Waals surface area contributed by atoms with Crippen molar-refractivity contribution in [1.82, 2.24) is 10.6 Å². The molecular weight excluding hydrogens is 160 g/mol. The summed E-state index contributed by atoms with van der Waals surface area (Å²) in [6, 6.07) is 0. The molecule has 0 radical (unpaired) electrons. The summed E-state index contributed by atoms with van der Waals surface area (Å²) in [5.41, 5.74) is 0. The van der Waals surface area contributed by atoms with Crippen molar-refractivity contribution in [3.05, 3.63) is 0 Å². The van der Waals surface area contributed by atoms with Gasteiger partial charge in [0.25, 0.3) is 0 Å². The summed E-state index contributed by atoms with van der Waals surface area (Å²) >= 11 is 0. The maximum Gasteiger partial charge on any atom is 0.0454 e. The lowest BCUT2D eigenvalue weighted by Crippen LogP contribution is -2.32. The Morgan fingerprint density at radius 1 is 0.846 bits per heavy atom. The van der Waals surface area contributed by atoms with Crippen molar-refractivity contribution in [3.63, 3.8) is 0 Å². The van der Waals surface area contributed by atoms with Crippen LogP contribution in [0.5, 0.6) is 0 Å². The Kier molecular flexibility index (Phi) is 4.20. The molecule has 0 aromatic rings. The Balaban J connectivity index is 2.61. The highest BCUT2D eigenvalue weighted by molar-refractivity contribution is 4.81. The first kappa shape index (κ1) is 11.0. The van der Waals surface area contributed by atoms with Crippen LogP contribution in [0.1, 0.15) is 27.7 Å². The van der Waals surface area contributed by atoms with Crippen LogP contribution in [-0.4, -0.2) is 19.8 Å². The van der Waals surface area contributed by atoms with E-state index in [9.17, 15) is 0 Å². The summed E-state index contributed by atoms with van der Waals surface area (Å²) in [7, 11) is 0. The molecule has 2 unspecified atom stereocenters. The van der Waals surface area contributed by atoms with Gasteiger partial charge >= 0.3 is 0 Å². The van der Waals surface area contributed by atoms with Gasteiger partial charge in [0.05, 0.1) is 0 Å². The van der Waals surface area contributed by atoms with E-state index in [1.54, 1.807) is 0 Å². The molecule has 2 nitrogen and oxygen atoms in total. The summed E-state index contributed by atoms with van der Waals surface area (Å²) in [4.78, 5) is 0. The zero-order valence-electron chi connectivity index (χ0n) is 9.43. The Morgan fingerprint density at radius 3 is 1.54 bits per heavy atom. The molecule has 1 aliphatic rings. The first-order chi connectivity index (χ1) is 6.13. The highest BCUT2D eigenvalue weighted by Gasteiger charge is 2.27. The first-order valence-corrected chi connectivity index (χ1v) is 5.54. The molecule has 2 heteroatoms. The number of nitrogens with one attached hydrogen (secondary N) is 2. The van der Waals surface area contributed by atoms with E-state index in [-0.39, 0.29) is 0 Å². The Hall–Kier alpha value is -0.0800. The lowest BCUT2D eigenvalue weighted by atomic mass is 9.77. The minimum atomic E-state index is 0.791. The SMILES string of the molecule is CC(C)C1CNCNCC1C(C)C. The summed E-state index contributed by atoms with van der Waals surface area (Å²) in [6.45, 7) is 12.7. The second-order valence-electron chi connectivity index (χ2n) is 4.90. The molecule has 0 bridgehead atoms. The summed E-state index contributed by atoms with van der Waals surface area (Å²) in [6.07, 6.45) is 0. The van der Waals surface area contributed by atoms with E-state index in [0.29, 0.717) is 0 Å². The van der Waals surface area contributed by atoms with Crippen LogP contribution < -0.4 is 10.6 Å². The highest BCUT2D eigenvalue weighted by Crippen LogP contribution is 2.27. The molecule has 1 rings (SSSR count). The van der Waals surface area contributed by atoms with Crippen LogP contribution in [0.2, 0.25) is 0 Å². The van der Waals surface area contributed by atoms with Gasteiger partial charge in [0.1, 0.15) is 0 Å². The predicted molar refractivity (Wildman–Crippen MR) is 57.5 cm³/mol. The van der Waals surface area contributed by atoms with Crippen LogP contribution >= 0.6 is 0 Å². The molecule has 0 aliphatic carbocycles. The van der Waals surface area contributed by atoms with Crippen molar-refractivity contribution < 1.29 is 0 Å². The third-order valence-electron chi connectivity index (χ3n) is 3.27. The van der Waals surface area contributed by atoms with E-state index in [1.165, 1.54) is 13.1 Å². The lowest BCUT2D eigenvalue weighted by Gasteiger charge is -2.30. The third-order valence-corrected chi connectivity index (χ3v) is 3.27. The van der Waals surface area contributed by atoms with Gasteiger partial charge in [-0.25, -0.2) is 0 Å². The molecule has 0 aromatic carbocycles. The van der Waals surface area contributed by atoms with Crippen LogP contribution in [0.3, 0.4) is 0 Å². The molecule has 2 atom stereocenters. The molecule has 0 saturated carbocycles. The fraction of sp³-hybridized carbons (Fsp3) is 1.00. The average Bonchev–Trinajstić information content (AvgIpc) is 2.27. The van der Waals surface area contributed by atoms with Crippen molar-refractivity contribution in [1.29, 1.82) is 0 Å². The number of rotatable bonds is 2. The molecule has 13 heavy (non-hydrogen) atoms. The van der Waals surface area contributed by atoms with Gasteiger partial charge in [-0.05, 0) is 36.8 Å². The largest absolute Gasteiger partial charge is 0.304 e. The molecule has 0 amide bonds. The van der Waals surface area contributed by atoms with E-state index in [2.05, 4.69) is 38.3 Å². The van der Waals surface area contributed by atoms with Gasteiger partial charge < -0.3 is 10.6 Å². The smallest absolute Gasteiger partial charge is 0.0454 e. The molecule has 2 N–H and O–H groups in total. The van der Waals surface area contributed by atoms with Gasteiger partial charge in [-0.1, -0.05) is 27.7 Å². The quantitative estimate of drug-likeness (QED) is 0.682. The molecular formula is C11H24N2. The van der Waals surface area contributed by atoms with Crippen LogP contribution in [0.25, 0.3) is 0 Å². The van der Waals surface area contributed by atoms with E-state index >= 15 is 0 Å². The number of hydrogen-bond acceptors (Lipinski definition) is 2. The van der Waals surface area contributed by atoms with E-state index in [0.717, 1.165) is 30.3 Å². The van der Waals surface area contributed by atoms with Crippen molar-refractivity contribution in [2.75, 3.05) is 19.8 Å². The fourth-order valence-corrected chi connectivity index (χ4v) is 2.33. The van der Waals surface area contributed by atoms with Gasteiger partial charge in [0.15, 0.2) is 0 Å². The van der Waals surface area contributed by atoms with E-state index in [1.807, 2.05) is 0 Å². The average molecular weight is 184 g/mol. The Bertz CT molecular complexity index is 127. The monoisotopic (exact) mass is 184 g/mol. The van der Waals surface area contributed by atoms with E-state index in [4.69, 9.17) is 0 Å². The van der Waals surface area contributed by atoms with E-state index < -0.39 is 0 Å². The topological polar surface area (TPSA) is 24.1 Å². The van der Waals surface area contributed by atoms with Gasteiger partial charge in [0.2, 0.25) is 0 Å². The Labute approximate surface area is 82.5 Å². The second-order valence-corrected chi connectivity index (χ2v) is 4.90. The normalized spacial score (nSPS) is 30.9. The lowest BCUT2D eigenvalue weighted by molar-refractivity contribution is 0.207. The second kappa shape index (κ2) is 4.97. The molecule has 0 spiro atoms.